The highest BCUT2D eigenvalue weighted by atomic mass is 32.2. The van der Waals surface area contributed by atoms with Crippen molar-refractivity contribution >= 4 is 27.3 Å². The van der Waals surface area contributed by atoms with Gasteiger partial charge in [0.05, 0.1) is 4.90 Å². The summed E-state index contributed by atoms with van der Waals surface area (Å²) >= 11 is 1.32. The molecule has 32 heavy (non-hydrogen) atoms. The van der Waals surface area contributed by atoms with Crippen LogP contribution in [0.3, 0.4) is 0 Å². The molecule has 6 heteroatoms. The van der Waals surface area contributed by atoms with E-state index in [2.05, 4.69) is 12.2 Å². The molecule has 4 nitrogen and oxygen atoms in total. The molecule has 0 spiro atoms. The SMILES string of the molecule is CCc1cccc(C)c1NC(SCc1ccc(C)cc1)=C(C#N)S(=O)(=O)c1ccccc1. The van der Waals surface area contributed by atoms with Gasteiger partial charge in [-0.15, -0.1) is 11.8 Å². The number of nitrogens with zero attached hydrogens (tertiary/aromatic N) is 1. The highest BCUT2D eigenvalue weighted by molar-refractivity contribution is 8.04. The van der Waals surface area contributed by atoms with E-state index in [9.17, 15) is 13.7 Å². The van der Waals surface area contributed by atoms with Crippen LogP contribution in [0.4, 0.5) is 5.69 Å². The molecule has 0 fully saturated rings. The summed E-state index contributed by atoms with van der Waals surface area (Å²) < 4.78 is 26.7. The Morgan fingerprint density at radius 2 is 1.66 bits per heavy atom. The standard InChI is InChI=1S/C26H26N2O2S2/c1-4-22-10-8-9-20(3)25(22)28-26(31-18-21-15-13-19(2)14-16-21)24(17-27)32(29,30)23-11-6-5-7-12-23/h5-16,28H,4,18H2,1-3H3. The number of hydrogen-bond donors (Lipinski definition) is 1. The number of benzene rings is 3. The van der Waals surface area contributed by atoms with E-state index < -0.39 is 9.84 Å². The zero-order valence-electron chi connectivity index (χ0n) is 18.4. The molecule has 3 aromatic carbocycles. The molecule has 0 bridgehead atoms. The second kappa shape index (κ2) is 10.5. The third-order valence-electron chi connectivity index (χ3n) is 5.11. The summed E-state index contributed by atoms with van der Waals surface area (Å²) in [5.74, 6) is 0.533. The first kappa shape index (κ1) is 23.6. The van der Waals surface area contributed by atoms with E-state index >= 15 is 0 Å². The molecule has 3 rings (SSSR count). The van der Waals surface area contributed by atoms with Crippen molar-refractivity contribution < 1.29 is 8.42 Å². The quantitative estimate of drug-likeness (QED) is 0.394. The van der Waals surface area contributed by atoms with Gasteiger partial charge in [0, 0.05) is 11.4 Å². The molecular weight excluding hydrogens is 436 g/mol. The van der Waals surface area contributed by atoms with Gasteiger partial charge in [0.2, 0.25) is 9.84 Å². The van der Waals surface area contributed by atoms with Crippen molar-refractivity contribution in [3.05, 3.63) is 105 Å². The minimum absolute atomic E-state index is 0.104. The molecule has 0 heterocycles. The smallest absolute Gasteiger partial charge is 0.219 e. The Morgan fingerprint density at radius 1 is 0.969 bits per heavy atom. The summed E-state index contributed by atoms with van der Waals surface area (Å²) in [6, 6.07) is 24.1. The van der Waals surface area contributed by atoms with E-state index in [-0.39, 0.29) is 9.80 Å². The largest absolute Gasteiger partial charge is 0.348 e. The lowest BCUT2D eigenvalue weighted by Crippen LogP contribution is -2.11. The molecule has 0 atom stereocenters. The number of para-hydroxylation sites is 1. The maximum absolute atomic E-state index is 13.4. The lowest BCUT2D eigenvalue weighted by atomic mass is 10.1. The van der Waals surface area contributed by atoms with E-state index in [1.165, 1.54) is 23.9 Å². The lowest BCUT2D eigenvalue weighted by molar-refractivity contribution is 0.603. The van der Waals surface area contributed by atoms with Crippen LogP contribution in [0.25, 0.3) is 0 Å². The number of aryl methyl sites for hydroxylation is 3. The summed E-state index contributed by atoms with van der Waals surface area (Å²) in [6.45, 7) is 6.05. The molecule has 0 saturated carbocycles. The number of rotatable bonds is 8. The zero-order chi connectivity index (χ0) is 23.1. The monoisotopic (exact) mass is 462 g/mol. The topological polar surface area (TPSA) is 70.0 Å². The molecule has 0 aliphatic carbocycles. The maximum atomic E-state index is 13.4. The average molecular weight is 463 g/mol. The third kappa shape index (κ3) is 5.42. The second-order valence-electron chi connectivity index (χ2n) is 7.45. The van der Waals surface area contributed by atoms with Crippen LogP contribution in [-0.2, 0) is 22.0 Å². The van der Waals surface area contributed by atoms with Crippen LogP contribution in [0.2, 0.25) is 0 Å². The summed E-state index contributed by atoms with van der Waals surface area (Å²) in [4.78, 5) is -0.168. The van der Waals surface area contributed by atoms with Crippen LogP contribution < -0.4 is 5.32 Å². The van der Waals surface area contributed by atoms with Gasteiger partial charge < -0.3 is 5.32 Å². The minimum Gasteiger partial charge on any atom is -0.348 e. The van der Waals surface area contributed by atoms with E-state index in [4.69, 9.17) is 0 Å². The molecule has 0 radical (unpaired) electrons. The fourth-order valence-corrected chi connectivity index (χ4v) is 5.79. The molecule has 0 amide bonds. The van der Waals surface area contributed by atoms with Crippen molar-refractivity contribution in [2.24, 2.45) is 0 Å². The van der Waals surface area contributed by atoms with Crippen LogP contribution in [0.1, 0.15) is 29.2 Å². The van der Waals surface area contributed by atoms with Crippen molar-refractivity contribution in [2.45, 2.75) is 37.8 Å². The Bertz CT molecular complexity index is 1260. The van der Waals surface area contributed by atoms with E-state index in [0.29, 0.717) is 10.8 Å². The van der Waals surface area contributed by atoms with Gasteiger partial charge in [0.25, 0.3) is 0 Å². The number of nitrogens with one attached hydrogen (secondary N) is 1. The first-order valence-electron chi connectivity index (χ1n) is 10.3. The normalized spacial score (nSPS) is 12.1. The first-order chi connectivity index (χ1) is 15.4. The molecule has 1 N–H and O–H groups in total. The van der Waals surface area contributed by atoms with Gasteiger partial charge in [-0.05, 0) is 49.1 Å². The Hall–Kier alpha value is -3.01. The number of hydrogen-bond acceptors (Lipinski definition) is 5. The number of thioether (sulfide) groups is 1. The van der Waals surface area contributed by atoms with Crippen LogP contribution in [0.15, 0.2) is 87.6 Å². The molecule has 0 unspecified atom stereocenters. The molecule has 164 valence electrons. The summed E-state index contributed by atoms with van der Waals surface area (Å²) in [5.41, 5.74) is 5.11. The predicted molar refractivity (Wildman–Crippen MR) is 133 cm³/mol. The lowest BCUT2D eigenvalue weighted by Gasteiger charge is -2.18. The summed E-state index contributed by atoms with van der Waals surface area (Å²) in [5, 5.41) is 13.6. The second-order valence-corrected chi connectivity index (χ2v) is 10.3. The number of sulfone groups is 1. The van der Waals surface area contributed by atoms with Crippen molar-refractivity contribution in [2.75, 3.05) is 5.32 Å². The van der Waals surface area contributed by atoms with Crippen LogP contribution in [0, 0.1) is 25.2 Å². The molecule has 0 aliphatic rings. The Balaban J connectivity index is 2.10. The van der Waals surface area contributed by atoms with E-state index in [1.807, 2.05) is 62.4 Å². The minimum atomic E-state index is -3.98. The number of allylic oxidation sites excluding steroid dienone is 1. The van der Waals surface area contributed by atoms with Gasteiger partial charge in [-0.2, -0.15) is 5.26 Å². The van der Waals surface area contributed by atoms with Gasteiger partial charge in [0.15, 0.2) is 4.91 Å². The Labute approximate surface area is 194 Å². The molecule has 0 aliphatic heterocycles. The van der Waals surface area contributed by atoms with E-state index in [1.54, 1.807) is 18.2 Å². The highest BCUT2D eigenvalue weighted by Gasteiger charge is 2.26. The number of anilines is 1. The molecule has 0 saturated heterocycles. The number of nitriles is 1. The van der Waals surface area contributed by atoms with Gasteiger partial charge in [-0.3, -0.25) is 0 Å². The maximum Gasteiger partial charge on any atom is 0.219 e. The van der Waals surface area contributed by atoms with Gasteiger partial charge in [-0.1, -0.05) is 73.2 Å². The summed E-state index contributed by atoms with van der Waals surface area (Å²) in [7, 11) is -3.98. The predicted octanol–water partition coefficient (Wildman–Crippen LogP) is 6.38. The molecule has 3 aromatic rings. The van der Waals surface area contributed by atoms with Crippen molar-refractivity contribution in [1.82, 2.24) is 0 Å². The van der Waals surface area contributed by atoms with Gasteiger partial charge in [0.1, 0.15) is 11.1 Å². The van der Waals surface area contributed by atoms with Crippen molar-refractivity contribution in [1.29, 1.82) is 5.26 Å². The Kier molecular flexibility index (Phi) is 7.79. The van der Waals surface area contributed by atoms with Crippen LogP contribution in [0.5, 0.6) is 0 Å². The molecular formula is C26H26N2O2S2. The fraction of sp³-hybridized carbons (Fsp3) is 0.192. The zero-order valence-corrected chi connectivity index (χ0v) is 20.1. The van der Waals surface area contributed by atoms with E-state index in [0.717, 1.165) is 34.4 Å². The first-order valence-corrected chi connectivity index (χ1v) is 12.8. The van der Waals surface area contributed by atoms with Crippen LogP contribution in [-0.4, -0.2) is 8.42 Å². The van der Waals surface area contributed by atoms with Gasteiger partial charge >= 0.3 is 0 Å². The van der Waals surface area contributed by atoms with Gasteiger partial charge in [-0.25, -0.2) is 8.42 Å². The third-order valence-corrected chi connectivity index (χ3v) is 8.04. The fourth-order valence-electron chi connectivity index (χ4n) is 3.26. The van der Waals surface area contributed by atoms with Crippen molar-refractivity contribution in [3.63, 3.8) is 0 Å². The Morgan fingerprint density at radius 3 is 2.28 bits per heavy atom. The average Bonchev–Trinajstić information content (AvgIpc) is 2.80. The van der Waals surface area contributed by atoms with Crippen LogP contribution >= 0.6 is 11.8 Å². The molecule has 0 aromatic heterocycles. The summed E-state index contributed by atoms with van der Waals surface area (Å²) in [6.07, 6.45) is 0.785. The van der Waals surface area contributed by atoms with Crippen molar-refractivity contribution in [3.8, 4) is 6.07 Å². The highest BCUT2D eigenvalue weighted by Crippen LogP contribution is 2.33.